The predicted octanol–water partition coefficient (Wildman–Crippen LogP) is 1.67. The first kappa shape index (κ1) is 12.7. The van der Waals surface area contributed by atoms with E-state index in [1.165, 1.54) is 0 Å². The van der Waals surface area contributed by atoms with Crippen molar-refractivity contribution < 1.29 is 19.4 Å². The lowest BCUT2D eigenvalue weighted by atomic mass is 9.97. The van der Waals surface area contributed by atoms with Crippen LogP contribution >= 0.6 is 0 Å². The van der Waals surface area contributed by atoms with Gasteiger partial charge in [0.15, 0.2) is 0 Å². The SMILES string of the molecule is COc1cc(OC)c2c(c1)C(CC(=O)O)CC2N. The second kappa shape index (κ2) is 4.86. The van der Waals surface area contributed by atoms with E-state index in [0.29, 0.717) is 17.9 Å². The van der Waals surface area contributed by atoms with Gasteiger partial charge in [0.05, 0.1) is 20.6 Å². The summed E-state index contributed by atoms with van der Waals surface area (Å²) < 4.78 is 10.5. The number of ether oxygens (including phenoxy) is 2. The van der Waals surface area contributed by atoms with Crippen LogP contribution in [-0.4, -0.2) is 25.3 Å². The highest BCUT2D eigenvalue weighted by Gasteiger charge is 2.33. The van der Waals surface area contributed by atoms with Crippen LogP contribution in [0.25, 0.3) is 0 Å². The van der Waals surface area contributed by atoms with Crippen LogP contribution in [-0.2, 0) is 4.79 Å². The Balaban J connectivity index is 2.47. The Morgan fingerprint density at radius 2 is 2.17 bits per heavy atom. The molecule has 0 amide bonds. The number of nitrogens with two attached hydrogens (primary N) is 1. The van der Waals surface area contributed by atoms with Gasteiger partial charge in [-0.1, -0.05) is 0 Å². The topological polar surface area (TPSA) is 81.8 Å². The Bertz CT molecular complexity index is 472. The van der Waals surface area contributed by atoms with Crippen molar-refractivity contribution in [2.75, 3.05) is 14.2 Å². The van der Waals surface area contributed by atoms with Crippen molar-refractivity contribution in [3.63, 3.8) is 0 Å². The fourth-order valence-corrected chi connectivity index (χ4v) is 2.60. The van der Waals surface area contributed by atoms with E-state index in [0.717, 1.165) is 11.1 Å². The van der Waals surface area contributed by atoms with Crippen LogP contribution in [0.15, 0.2) is 12.1 Å². The number of aliphatic carboxylic acids is 1. The first-order valence-electron chi connectivity index (χ1n) is 5.80. The fourth-order valence-electron chi connectivity index (χ4n) is 2.60. The standard InChI is InChI=1S/C13H17NO4/c1-17-8-5-9-7(4-12(15)16)3-10(14)13(9)11(6-8)18-2/h5-7,10H,3-4,14H2,1-2H3,(H,15,16). The molecule has 2 atom stereocenters. The molecule has 3 N–H and O–H groups in total. The molecule has 18 heavy (non-hydrogen) atoms. The van der Waals surface area contributed by atoms with Crippen molar-refractivity contribution in [3.8, 4) is 11.5 Å². The molecule has 1 aliphatic rings. The largest absolute Gasteiger partial charge is 0.497 e. The average molecular weight is 251 g/mol. The van der Waals surface area contributed by atoms with Gasteiger partial charge in [0.25, 0.3) is 0 Å². The summed E-state index contributed by atoms with van der Waals surface area (Å²) >= 11 is 0. The third kappa shape index (κ3) is 2.13. The number of rotatable bonds is 4. The Morgan fingerprint density at radius 3 is 2.72 bits per heavy atom. The van der Waals surface area contributed by atoms with E-state index in [2.05, 4.69) is 0 Å². The average Bonchev–Trinajstić information content (AvgIpc) is 2.64. The summed E-state index contributed by atoms with van der Waals surface area (Å²) in [5.41, 5.74) is 7.91. The molecule has 1 aliphatic carbocycles. The molecule has 2 rings (SSSR count). The van der Waals surface area contributed by atoms with E-state index in [-0.39, 0.29) is 18.4 Å². The summed E-state index contributed by atoms with van der Waals surface area (Å²) in [7, 11) is 3.15. The second-order valence-electron chi connectivity index (χ2n) is 4.47. The Hall–Kier alpha value is -1.75. The highest BCUT2D eigenvalue weighted by molar-refractivity contribution is 5.69. The summed E-state index contributed by atoms with van der Waals surface area (Å²) in [5, 5.41) is 8.94. The number of hydrogen-bond acceptors (Lipinski definition) is 4. The van der Waals surface area contributed by atoms with Crippen LogP contribution in [0.2, 0.25) is 0 Å². The van der Waals surface area contributed by atoms with E-state index < -0.39 is 5.97 Å². The van der Waals surface area contributed by atoms with Crippen molar-refractivity contribution in [3.05, 3.63) is 23.3 Å². The Kier molecular flexibility index (Phi) is 3.43. The quantitative estimate of drug-likeness (QED) is 0.850. The lowest BCUT2D eigenvalue weighted by molar-refractivity contribution is -0.137. The molecule has 0 fully saturated rings. The maximum Gasteiger partial charge on any atom is 0.303 e. The van der Waals surface area contributed by atoms with Crippen molar-refractivity contribution >= 4 is 5.97 Å². The third-order valence-corrected chi connectivity index (χ3v) is 3.37. The smallest absolute Gasteiger partial charge is 0.303 e. The zero-order valence-corrected chi connectivity index (χ0v) is 10.5. The van der Waals surface area contributed by atoms with Gasteiger partial charge in [-0.15, -0.1) is 0 Å². The van der Waals surface area contributed by atoms with Crippen molar-refractivity contribution in [1.82, 2.24) is 0 Å². The Labute approximate surface area is 106 Å². The summed E-state index contributed by atoms with van der Waals surface area (Å²) in [6, 6.07) is 3.46. The van der Waals surface area contributed by atoms with Crippen molar-refractivity contribution in [2.24, 2.45) is 5.73 Å². The molecular weight excluding hydrogens is 234 g/mol. The monoisotopic (exact) mass is 251 g/mol. The molecule has 5 nitrogen and oxygen atoms in total. The molecule has 98 valence electrons. The lowest BCUT2D eigenvalue weighted by Gasteiger charge is -2.13. The molecule has 1 aromatic carbocycles. The highest BCUT2D eigenvalue weighted by Crippen LogP contribution is 2.47. The second-order valence-corrected chi connectivity index (χ2v) is 4.47. The molecule has 0 heterocycles. The van der Waals surface area contributed by atoms with Gasteiger partial charge in [-0.05, 0) is 24.0 Å². The number of methoxy groups -OCH3 is 2. The minimum Gasteiger partial charge on any atom is -0.497 e. The van der Waals surface area contributed by atoms with Gasteiger partial charge >= 0.3 is 5.97 Å². The highest BCUT2D eigenvalue weighted by atomic mass is 16.5. The molecule has 0 aliphatic heterocycles. The summed E-state index contributed by atoms with van der Waals surface area (Å²) in [5.74, 6) is 0.443. The predicted molar refractivity (Wildman–Crippen MR) is 66.1 cm³/mol. The van der Waals surface area contributed by atoms with Crippen LogP contribution in [0.1, 0.15) is 35.9 Å². The van der Waals surface area contributed by atoms with Crippen LogP contribution in [0.4, 0.5) is 0 Å². The van der Waals surface area contributed by atoms with Gasteiger partial charge in [0.2, 0.25) is 0 Å². The molecule has 0 saturated heterocycles. The van der Waals surface area contributed by atoms with E-state index >= 15 is 0 Å². The first-order chi connectivity index (χ1) is 8.56. The van der Waals surface area contributed by atoms with Crippen LogP contribution < -0.4 is 15.2 Å². The summed E-state index contributed by atoms with van der Waals surface area (Å²) in [6.45, 7) is 0. The Morgan fingerprint density at radius 1 is 1.44 bits per heavy atom. The van der Waals surface area contributed by atoms with E-state index in [4.69, 9.17) is 20.3 Å². The van der Waals surface area contributed by atoms with Gasteiger partial charge in [-0.2, -0.15) is 0 Å². The molecular formula is C13H17NO4. The number of hydrogen-bond donors (Lipinski definition) is 2. The third-order valence-electron chi connectivity index (χ3n) is 3.37. The van der Waals surface area contributed by atoms with Crippen molar-refractivity contribution in [1.29, 1.82) is 0 Å². The number of fused-ring (bicyclic) bond motifs is 1. The van der Waals surface area contributed by atoms with E-state index in [1.54, 1.807) is 20.3 Å². The minimum atomic E-state index is -0.818. The molecule has 1 aromatic rings. The molecule has 5 heteroatoms. The van der Waals surface area contributed by atoms with Crippen LogP contribution in [0.3, 0.4) is 0 Å². The fraction of sp³-hybridized carbons (Fsp3) is 0.462. The molecule has 0 saturated carbocycles. The van der Waals surface area contributed by atoms with Crippen LogP contribution in [0, 0.1) is 0 Å². The maximum absolute atomic E-state index is 10.9. The zero-order chi connectivity index (χ0) is 13.3. The van der Waals surface area contributed by atoms with Gasteiger partial charge in [0.1, 0.15) is 11.5 Å². The molecule has 0 spiro atoms. The van der Waals surface area contributed by atoms with Crippen molar-refractivity contribution in [2.45, 2.75) is 24.8 Å². The normalized spacial score (nSPS) is 21.5. The van der Waals surface area contributed by atoms with E-state index in [1.807, 2.05) is 6.07 Å². The number of carbonyl (C=O) groups is 1. The number of carboxylic acid groups (broad SMARTS) is 1. The molecule has 0 bridgehead atoms. The maximum atomic E-state index is 10.9. The lowest BCUT2D eigenvalue weighted by Crippen LogP contribution is -2.08. The van der Waals surface area contributed by atoms with Crippen LogP contribution in [0.5, 0.6) is 11.5 Å². The van der Waals surface area contributed by atoms with Gasteiger partial charge in [0, 0.05) is 17.7 Å². The van der Waals surface area contributed by atoms with Gasteiger partial charge < -0.3 is 20.3 Å². The molecule has 0 radical (unpaired) electrons. The molecule has 0 aromatic heterocycles. The van der Waals surface area contributed by atoms with Gasteiger partial charge in [-0.3, -0.25) is 4.79 Å². The zero-order valence-electron chi connectivity index (χ0n) is 10.5. The number of benzene rings is 1. The summed E-state index contributed by atoms with van der Waals surface area (Å²) in [6.07, 6.45) is 0.710. The minimum absolute atomic E-state index is 0.0727. The van der Waals surface area contributed by atoms with E-state index in [9.17, 15) is 4.79 Å². The first-order valence-corrected chi connectivity index (χ1v) is 5.80. The summed E-state index contributed by atoms with van der Waals surface area (Å²) in [4.78, 5) is 10.9. The molecule has 2 unspecified atom stereocenters. The van der Waals surface area contributed by atoms with Gasteiger partial charge in [-0.25, -0.2) is 0 Å². The number of carboxylic acids is 1.